The van der Waals surface area contributed by atoms with Crippen LogP contribution < -0.4 is 16.4 Å². The molecule has 0 saturated heterocycles. The topological polar surface area (TPSA) is 106 Å². The Bertz CT molecular complexity index is 1000. The number of hydrogen-bond donors (Lipinski definition) is 3. The lowest BCUT2D eigenvalue weighted by Gasteiger charge is -2.09. The lowest BCUT2D eigenvalue weighted by atomic mass is 10.2. The number of para-hydroxylation sites is 1. The number of hydrogen-bond acceptors (Lipinski definition) is 7. The molecule has 4 N–H and O–H groups in total. The molecule has 0 saturated carbocycles. The van der Waals surface area contributed by atoms with E-state index >= 15 is 0 Å². The van der Waals surface area contributed by atoms with Gasteiger partial charge in [0.15, 0.2) is 0 Å². The Morgan fingerprint density at radius 1 is 1.14 bits per heavy atom. The van der Waals surface area contributed by atoms with E-state index < -0.39 is 0 Å². The molecule has 1 heterocycles. The van der Waals surface area contributed by atoms with E-state index in [4.69, 9.17) is 17.3 Å². The number of nitrogens with two attached hydrogens (primary N) is 1. The van der Waals surface area contributed by atoms with E-state index in [0.29, 0.717) is 40.4 Å². The van der Waals surface area contributed by atoms with Gasteiger partial charge in [0.1, 0.15) is 5.82 Å². The van der Waals surface area contributed by atoms with Crippen molar-refractivity contribution in [2.75, 3.05) is 22.1 Å². The van der Waals surface area contributed by atoms with Crippen molar-refractivity contribution in [2.45, 2.75) is 19.1 Å². The molecule has 0 fully saturated rings. The molecule has 3 rings (SSSR count). The Morgan fingerprint density at radius 2 is 1.97 bits per heavy atom. The first-order chi connectivity index (χ1) is 14.0. The van der Waals surface area contributed by atoms with Gasteiger partial charge >= 0.3 is 0 Å². The molecule has 3 aromatic rings. The van der Waals surface area contributed by atoms with E-state index in [2.05, 4.69) is 25.6 Å². The van der Waals surface area contributed by atoms with E-state index in [1.165, 1.54) is 0 Å². The largest absolute Gasteiger partial charge is 0.368 e. The molecule has 9 heteroatoms. The predicted octanol–water partition coefficient (Wildman–Crippen LogP) is 4.42. The second-order valence-electron chi connectivity index (χ2n) is 6.23. The number of thioether (sulfide) groups is 1. The van der Waals surface area contributed by atoms with Gasteiger partial charge in [-0.05, 0) is 36.8 Å². The first-order valence-electron chi connectivity index (χ1n) is 8.96. The third kappa shape index (κ3) is 6.62. The summed E-state index contributed by atoms with van der Waals surface area (Å²) < 4.78 is 0. The van der Waals surface area contributed by atoms with Gasteiger partial charge in [0.2, 0.25) is 17.8 Å². The molecule has 1 aromatic heterocycles. The van der Waals surface area contributed by atoms with Crippen molar-refractivity contribution in [3.63, 3.8) is 0 Å². The molecule has 7 nitrogen and oxygen atoms in total. The predicted molar refractivity (Wildman–Crippen MR) is 120 cm³/mol. The first-order valence-corrected chi connectivity index (χ1v) is 10.5. The highest BCUT2D eigenvalue weighted by Crippen LogP contribution is 2.19. The van der Waals surface area contributed by atoms with Crippen LogP contribution in [0, 0.1) is 6.92 Å². The summed E-state index contributed by atoms with van der Waals surface area (Å²) in [6.07, 6.45) is 0.367. The van der Waals surface area contributed by atoms with Gasteiger partial charge < -0.3 is 16.4 Å². The first kappa shape index (κ1) is 20.9. The number of nitrogens with one attached hydrogen (secondary N) is 2. The molecule has 0 atom stereocenters. The summed E-state index contributed by atoms with van der Waals surface area (Å²) in [5, 5.41) is 6.57. The zero-order chi connectivity index (χ0) is 20.6. The maximum absolute atomic E-state index is 12.0. The molecule has 0 aliphatic rings. The molecule has 0 bridgehead atoms. The minimum atomic E-state index is -0.0724. The number of nitrogens with zero attached hydrogens (tertiary/aromatic N) is 3. The minimum absolute atomic E-state index is 0.0724. The Balaban J connectivity index is 1.50. The fourth-order valence-corrected chi connectivity index (χ4v) is 3.49. The molecule has 0 aliphatic heterocycles. The smallest absolute Gasteiger partial charge is 0.232 e. The Kier molecular flexibility index (Phi) is 7.26. The van der Waals surface area contributed by atoms with Crippen LogP contribution in [0.3, 0.4) is 0 Å². The molecule has 0 unspecified atom stereocenters. The quantitative estimate of drug-likeness (QED) is 0.456. The summed E-state index contributed by atoms with van der Waals surface area (Å²) in [4.78, 5) is 24.8. The second-order valence-corrected chi connectivity index (χ2v) is 7.78. The van der Waals surface area contributed by atoms with Gasteiger partial charge in [0.05, 0.1) is 5.75 Å². The second kappa shape index (κ2) is 10.1. The fraction of sp³-hybridized carbons (Fsp3) is 0.200. The number of amides is 1. The molecule has 29 heavy (non-hydrogen) atoms. The van der Waals surface area contributed by atoms with Gasteiger partial charge in [-0.2, -0.15) is 26.7 Å². The van der Waals surface area contributed by atoms with Crippen molar-refractivity contribution in [1.29, 1.82) is 0 Å². The van der Waals surface area contributed by atoms with Crippen molar-refractivity contribution < 1.29 is 4.79 Å². The van der Waals surface area contributed by atoms with Crippen molar-refractivity contribution in [2.24, 2.45) is 0 Å². The van der Waals surface area contributed by atoms with E-state index in [-0.39, 0.29) is 11.9 Å². The van der Waals surface area contributed by atoms with Crippen molar-refractivity contribution in [3.8, 4) is 0 Å². The van der Waals surface area contributed by atoms with Crippen LogP contribution in [0.4, 0.5) is 23.3 Å². The average Bonchev–Trinajstić information content (AvgIpc) is 2.67. The highest BCUT2D eigenvalue weighted by atomic mass is 35.5. The molecule has 0 radical (unpaired) electrons. The lowest BCUT2D eigenvalue weighted by molar-refractivity contribution is -0.115. The monoisotopic (exact) mass is 428 g/mol. The number of rotatable bonds is 8. The van der Waals surface area contributed by atoms with E-state index in [1.807, 2.05) is 31.2 Å². The Labute approximate surface area is 178 Å². The normalized spacial score (nSPS) is 10.6. The lowest BCUT2D eigenvalue weighted by Crippen LogP contribution is -2.12. The molecule has 0 aliphatic carbocycles. The van der Waals surface area contributed by atoms with Gasteiger partial charge in [0.25, 0.3) is 0 Å². The molecule has 1 amide bonds. The summed E-state index contributed by atoms with van der Waals surface area (Å²) in [5.41, 5.74) is 8.49. The van der Waals surface area contributed by atoms with Crippen LogP contribution in [0.15, 0.2) is 48.5 Å². The molecule has 150 valence electrons. The van der Waals surface area contributed by atoms with Gasteiger partial charge in [-0.3, -0.25) is 4.79 Å². The third-order valence-corrected chi connectivity index (χ3v) is 5.09. The summed E-state index contributed by atoms with van der Waals surface area (Å²) in [7, 11) is 0. The highest BCUT2D eigenvalue weighted by molar-refractivity contribution is 7.98. The number of carbonyl (C=O) groups excluding carboxylic acids is 1. The zero-order valence-corrected chi connectivity index (χ0v) is 17.4. The third-order valence-electron chi connectivity index (χ3n) is 3.90. The van der Waals surface area contributed by atoms with Crippen molar-refractivity contribution >= 4 is 52.5 Å². The van der Waals surface area contributed by atoms with Gasteiger partial charge in [-0.1, -0.05) is 35.9 Å². The summed E-state index contributed by atoms with van der Waals surface area (Å²) >= 11 is 7.47. The van der Waals surface area contributed by atoms with Crippen LogP contribution in [-0.2, 0) is 10.5 Å². The number of nitrogen functional groups attached to an aromatic ring is 1. The minimum Gasteiger partial charge on any atom is -0.368 e. The van der Waals surface area contributed by atoms with Gasteiger partial charge in [-0.25, -0.2) is 0 Å². The Hall–Kier alpha value is -2.84. The van der Waals surface area contributed by atoms with E-state index in [9.17, 15) is 4.79 Å². The SMILES string of the molecule is Cc1ccccc1Nc1nc(N)nc(CSCCC(=O)Nc2cccc(Cl)c2)n1. The number of benzene rings is 2. The zero-order valence-electron chi connectivity index (χ0n) is 15.9. The van der Waals surface area contributed by atoms with Crippen LogP contribution in [0.1, 0.15) is 17.8 Å². The molecular formula is C20H21ClN6OS. The molecule has 0 spiro atoms. The fourth-order valence-electron chi connectivity index (χ4n) is 2.51. The number of halogens is 1. The number of anilines is 4. The number of carbonyl (C=O) groups is 1. The van der Waals surface area contributed by atoms with Gasteiger partial charge in [0, 0.05) is 28.6 Å². The van der Waals surface area contributed by atoms with Crippen LogP contribution in [0.2, 0.25) is 5.02 Å². The van der Waals surface area contributed by atoms with Crippen LogP contribution in [0.25, 0.3) is 0 Å². The van der Waals surface area contributed by atoms with Crippen molar-refractivity contribution in [1.82, 2.24) is 15.0 Å². The van der Waals surface area contributed by atoms with E-state index in [1.54, 1.807) is 36.0 Å². The van der Waals surface area contributed by atoms with Crippen molar-refractivity contribution in [3.05, 3.63) is 64.9 Å². The Morgan fingerprint density at radius 3 is 2.76 bits per heavy atom. The summed E-state index contributed by atoms with van der Waals surface area (Å²) in [6.45, 7) is 2.00. The highest BCUT2D eigenvalue weighted by Gasteiger charge is 2.08. The van der Waals surface area contributed by atoms with Gasteiger partial charge in [-0.15, -0.1) is 0 Å². The number of aromatic nitrogens is 3. The maximum Gasteiger partial charge on any atom is 0.232 e. The standard InChI is InChI=1S/C20H21ClN6OS/c1-13-5-2-3-8-16(13)24-20-26-17(25-19(22)27-20)12-29-10-9-18(28)23-15-7-4-6-14(21)11-15/h2-8,11H,9-10,12H2,1H3,(H,23,28)(H3,22,24,25,26,27). The average molecular weight is 429 g/mol. The van der Waals surface area contributed by atoms with E-state index in [0.717, 1.165) is 11.3 Å². The van der Waals surface area contributed by atoms with Crippen LogP contribution >= 0.6 is 23.4 Å². The molecule has 2 aromatic carbocycles. The summed E-state index contributed by atoms with van der Waals surface area (Å²) in [6, 6.07) is 14.9. The van der Waals surface area contributed by atoms with Crippen LogP contribution in [-0.4, -0.2) is 26.6 Å². The number of aryl methyl sites for hydroxylation is 1. The molecular weight excluding hydrogens is 408 g/mol. The summed E-state index contributed by atoms with van der Waals surface area (Å²) in [5.74, 6) is 2.20. The maximum atomic E-state index is 12.0. The van der Waals surface area contributed by atoms with Crippen LogP contribution in [0.5, 0.6) is 0 Å².